The summed E-state index contributed by atoms with van der Waals surface area (Å²) < 4.78 is 33.7. The molecule has 3 aromatic carbocycles. The number of carbonyl (C=O) groups excluding carboxylic acids is 2. The maximum atomic E-state index is 14.2. The molecule has 0 aliphatic rings. The van der Waals surface area contributed by atoms with E-state index in [0.717, 1.165) is 10.9 Å². The Morgan fingerprint density at radius 2 is 1.45 bits per heavy atom. The number of rotatable bonds is 13. The van der Waals surface area contributed by atoms with Gasteiger partial charge in [-0.15, -0.1) is 0 Å². The average molecular weight is 721 g/mol. The standard InChI is InChI=1S/C35H38N6O2S.C2HF3O2/c1-24(2)21-41-30(34(43)40(23-31(36)42)22-25-13-7-4-8-14-25)19-28-32(38-35(44-3)39-33(28)41)37-20-29(26-15-9-5-10-16-26)27-17-11-6-12-18-27;3-2(4,5)1(6)7/h4-19,24,29H,20-23H2,1-3H3,(H2,36,42)(H,37,38,39);(H,6,7). The highest BCUT2D eigenvalue weighted by atomic mass is 32.2. The summed E-state index contributed by atoms with van der Waals surface area (Å²) in [7, 11) is 0. The van der Waals surface area contributed by atoms with Crippen LogP contribution in [0.25, 0.3) is 11.0 Å². The number of carbonyl (C=O) groups is 3. The van der Waals surface area contributed by atoms with Gasteiger partial charge in [-0.2, -0.15) is 13.2 Å². The van der Waals surface area contributed by atoms with Crippen LogP contribution in [0.3, 0.4) is 0 Å². The van der Waals surface area contributed by atoms with Gasteiger partial charge in [-0.1, -0.05) is 117 Å². The molecule has 4 N–H and O–H groups in total. The van der Waals surface area contributed by atoms with E-state index in [1.54, 1.807) is 0 Å². The molecule has 0 atom stereocenters. The second-order valence-electron chi connectivity index (χ2n) is 12.0. The third kappa shape index (κ3) is 10.6. The van der Waals surface area contributed by atoms with Crippen molar-refractivity contribution in [3.8, 4) is 0 Å². The van der Waals surface area contributed by atoms with E-state index in [0.29, 0.717) is 35.4 Å². The van der Waals surface area contributed by atoms with Crippen LogP contribution in [-0.4, -0.2) is 67.8 Å². The predicted octanol–water partition coefficient (Wildman–Crippen LogP) is 6.81. The zero-order chi connectivity index (χ0) is 37.1. The normalized spacial score (nSPS) is 11.3. The predicted molar refractivity (Wildman–Crippen MR) is 191 cm³/mol. The SMILES string of the molecule is CSc1nc(NCC(c2ccccc2)c2ccccc2)c2cc(C(=O)N(CC(N)=O)Cc3ccccc3)n(CC(C)C)c2n1.O=C(O)C(F)(F)F. The van der Waals surface area contributed by atoms with Crippen LogP contribution in [0.5, 0.6) is 0 Å². The Hall–Kier alpha value is -5.37. The van der Waals surface area contributed by atoms with Gasteiger partial charge in [-0.05, 0) is 34.9 Å². The number of carboxylic acid groups (broad SMARTS) is 1. The largest absolute Gasteiger partial charge is 0.490 e. The number of nitrogens with one attached hydrogen (secondary N) is 1. The van der Waals surface area contributed by atoms with Gasteiger partial charge < -0.3 is 25.6 Å². The summed E-state index contributed by atoms with van der Waals surface area (Å²) in [6.45, 7) is 5.43. The van der Waals surface area contributed by atoms with Gasteiger partial charge >= 0.3 is 12.1 Å². The fourth-order valence-corrected chi connectivity index (χ4v) is 5.77. The number of halogens is 3. The van der Waals surface area contributed by atoms with E-state index in [1.165, 1.54) is 27.8 Å². The fraction of sp³-hybridized carbons (Fsp3) is 0.270. The third-order valence-electron chi connectivity index (χ3n) is 7.65. The third-order valence-corrected chi connectivity index (χ3v) is 8.20. The summed E-state index contributed by atoms with van der Waals surface area (Å²) in [4.78, 5) is 46.4. The first-order valence-electron chi connectivity index (χ1n) is 16.0. The number of anilines is 1. The number of aromatic nitrogens is 3. The van der Waals surface area contributed by atoms with Crippen LogP contribution in [0.15, 0.2) is 102 Å². The molecule has 5 aromatic rings. The van der Waals surface area contributed by atoms with Gasteiger partial charge in [0, 0.05) is 25.6 Å². The first-order chi connectivity index (χ1) is 24.3. The highest BCUT2D eigenvalue weighted by Gasteiger charge is 2.38. The van der Waals surface area contributed by atoms with Gasteiger partial charge in [0.05, 0.1) is 5.39 Å². The molecule has 2 amide bonds. The molecule has 0 aliphatic heterocycles. The molecule has 0 saturated heterocycles. The zero-order valence-corrected chi connectivity index (χ0v) is 29.1. The molecule has 10 nitrogen and oxygen atoms in total. The molecule has 51 heavy (non-hydrogen) atoms. The summed E-state index contributed by atoms with van der Waals surface area (Å²) in [5.41, 5.74) is 10.0. The van der Waals surface area contributed by atoms with Crippen LogP contribution in [0, 0.1) is 5.92 Å². The van der Waals surface area contributed by atoms with E-state index in [1.807, 2.05) is 59.4 Å². The number of hydrogen-bond acceptors (Lipinski definition) is 7. The Balaban J connectivity index is 0.000000755. The minimum absolute atomic E-state index is 0.0796. The number of nitrogens with two attached hydrogens (primary N) is 1. The van der Waals surface area contributed by atoms with Crippen LogP contribution in [0.2, 0.25) is 0 Å². The maximum Gasteiger partial charge on any atom is 0.490 e. The number of aliphatic carboxylic acids is 1. The Labute approximate surface area is 297 Å². The van der Waals surface area contributed by atoms with Crippen molar-refractivity contribution in [2.24, 2.45) is 11.7 Å². The van der Waals surface area contributed by atoms with Gasteiger partial charge in [0.2, 0.25) is 5.91 Å². The molecule has 2 heterocycles. The highest BCUT2D eigenvalue weighted by Crippen LogP contribution is 2.31. The molecule has 0 saturated carbocycles. The Bertz CT molecular complexity index is 1880. The molecule has 0 radical (unpaired) electrons. The molecule has 2 aromatic heterocycles. The van der Waals surface area contributed by atoms with E-state index in [2.05, 4.69) is 67.7 Å². The topological polar surface area (TPSA) is 143 Å². The van der Waals surface area contributed by atoms with E-state index in [9.17, 15) is 22.8 Å². The number of benzene rings is 3. The lowest BCUT2D eigenvalue weighted by Crippen LogP contribution is -2.39. The molecular weight excluding hydrogens is 682 g/mol. The zero-order valence-electron chi connectivity index (χ0n) is 28.3. The molecule has 0 fully saturated rings. The number of alkyl halides is 3. The van der Waals surface area contributed by atoms with Crippen molar-refractivity contribution in [1.29, 1.82) is 0 Å². The van der Waals surface area contributed by atoms with Gasteiger partial charge in [0.1, 0.15) is 23.7 Å². The number of amides is 2. The second-order valence-corrected chi connectivity index (χ2v) is 12.8. The highest BCUT2D eigenvalue weighted by molar-refractivity contribution is 7.98. The molecule has 0 spiro atoms. The fourth-order valence-electron chi connectivity index (χ4n) is 5.41. The Morgan fingerprint density at radius 1 is 0.922 bits per heavy atom. The van der Waals surface area contributed by atoms with E-state index >= 15 is 0 Å². The second kappa shape index (κ2) is 17.5. The van der Waals surface area contributed by atoms with Crippen molar-refractivity contribution in [2.75, 3.05) is 24.7 Å². The minimum Gasteiger partial charge on any atom is -0.475 e. The van der Waals surface area contributed by atoms with Crippen LogP contribution < -0.4 is 11.1 Å². The minimum atomic E-state index is -5.08. The van der Waals surface area contributed by atoms with Crippen molar-refractivity contribution in [1.82, 2.24) is 19.4 Å². The first kappa shape index (κ1) is 38.4. The van der Waals surface area contributed by atoms with E-state index in [-0.39, 0.29) is 30.8 Å². The van der Waals surface area contributed by atoms with Gasteiger partial charge in [0.15, 0.2) is 5.16 Å². The monoisotopic (exact) mass is 720 g/mol. The van der Waals surface area contributed by atoms with Gasteiger partial charge in [0.25, 0.3) is 5.91 Å². The van der Waals surface area contributed by atoms with Crippen molar-refractivity contribution >= 4 is 46.4 Å². The van der Waals surface area contributed by atoms with Crippen LogP contribution in [-0.2, 0) is 22.7 Å². The van der Waals surface area contributed by atoms with Gasteiger partial charge in [-0.25, -0.2) is 14.8 Å². The smallest absolute Gasteiger partial charge is 0.475 e. The molecular formula is C37H39F3N6O4S. The van der Waals surface area contributed by atoms with Crippen molar-refractivity contribution < 1.29 is 32.7 Å². The number of primary amides is 1. The number of hydrogen-bond donors (Lipinski definition) is 3. The summed E-state index contributed by atoms with van der Waals surface area (Å²) in [6, 6.07) is 32.3. The number of carboxylic acids is 1. The van der Waals surface area contributed by atoms with E-state index in [4.69, 9.17) is 25.6 Å². The summed E-state index contributed by atoms with van der Waals surface area (Å²) in [5, 5.41) is 12.1. The lowest BCUT2D eigenvalue weighted by atomic mass is 9.91. The van der Waals surface area contributed by atoms with E-state index < -0.39 is 18.1 Å². The molecule has 14 heteroatoms. The first-order valence-corrected chi connectivity index (χ1v) is 17.2. The van der Waals surface area contributed by atoms with Crippen LogP contribution in [0.1, 0.15) is 46.9 Å². The molecule has 5 rings (SSSR count). The summed E-state index contributed by atoms with van der Waals surface area (Å²) in [6.07, 6.45) is -3.14. The quantitative estimate of drug-likeness (QED) is 0.0889. The lowest BCUT2D eigenvalue weighted by molar-refractivity contribution is -0.192. The molecule has 268 valence electrons. The molecule has 0 bridgehead atoms. The maximum absolute atomic E-state index is 14.2. The average Bonchev–Trinajstić information content (AvgIpc) is 3.46. The van der Waals surface area contributed by atoms with Crippen LogP contribution in [0.4, 0.5) is 19.0 Å². The van der Waals surface area contributed by atoms with Crippen molar-refractivity contribution in [2.45, 2.75) is 44.2 Å². The van der Waals surface area contributed by atoms with Crippen molar-refractivity contribution in [3.05, 3.63) is 119 Å². The van der Waals surface area contributed by atoms with Crippen LogP contribution >= 0.6 is 11.8 Å². The summed E-state index contributed by atoms with van der Waals surface area (Å²) >= 11 is 1.45. The summed E-state index contributed by atoms with van der Waals surface area (Å²) in [5.74, 6) is -2.63. The lowest BCUT2D eigenvalue weighted by Gasteiger charge is -2.22. The Morgan fingerprint density at radius 3 is 1.92 bits per heavy atom. The van der Waals surface area contributed by atoms with Crippen molar-refractivity contribution in [3.63, 3.8) is 0 Å². The number of thioether (sulfide) groups is 1. The number of fused-ring (bicyclic) bond motifs is 1. The molecule has 0 unspecified atom stereocenters. The molecule has 0 aliphatic carbocycles. The van der Waals surface area contributed by atoms with Gasteiger partial charge in [-0.3, -0.25) is 9.59 Å². The Kier molecular flexibility index (Phi) is 13.2. The number of nitrogens with zero attached hydrogens (tertiary/aromatic N) is 4.